The Hall–Kier alpha value is -1.51. The van der Waals surface area contributed by atoms with Gasteiger partial charge in [-0.2, -0.15) is 0 Å². The molecule has 66 valence electrons. The van der Waals surface area contributed by atoms with Gasteiger partial charge in [0.1, 0.15) is 6.61 Å². The lowest BCUT2D eigenvalue weighted by molar-refractivity contribution is -0.132. The molecule has 0 amide bonds. The quantitative estimate of drug-likeness (QED) is 0.284. The van der Waals surface area contributed by atoms with E-state index >= 15 is 0 Å². The van der Waals surface area contributed by atoms with E-state index in [0.29, 0.717) is 13.0 Å². The maximum atomic E-state index is 10.2. The molecule has 0 rings (SSSR count). The van der Waals surface area contributed by atoms with Crippen LogP contribution in [0.3, 0.4) is 0 Å². The Bertz CT molecular complexity index is 204. The van der Waals surface area contributed by atoms with Crippen molar-refractivity contribution in [2.45, 2.75) is 6.42 Å². The second-order valence-corrected chi connectivity index (χ2v) is 2.11. The SMILES string of the molecule is C=CCOC=CCC(=C)C(=O)O. The number of hydrogen-bond donors (Lipinski definition) is 1. The van der Waals surface area contributed by atoms with E-state index in [2.05, 4.69) is 13.2 Å². The Kier molecular flexibility index (Phi) is 5.43. The highest BCUT2D eigenvalue weighted by Gasteiger charge is 1.99. The average Bonchev–Trinajstić information content (AvgIpc) is 2.03. The number of carboxylic acid groups (broad SMARTS) is 1. The normalized spacial score (nSPS) is 9.67. The van der Waals surface area contributed by atoms with Gasteiger partial charge in [-0.3, -0.25) is 0 Å². The first kappa shape index (κ1) is 10.5. The molecule has 0 spiro atoms. The maximum absolute atomic E-state index is 10.2. The molecule has 0 aromatic carbocycles. The lowest BCUT2D eigenvalue weighted by atomic mass is 10.2. The first-order chi connectivity index (χ1) is 5.68. The van der Waals surface area contributed by atoms with Crippen molar-refractivity contribution in [2.75, 3.05) is 6.61 Å². The minimum absolute atomic E-state index is 0.147. The smallest absolute Gasteiger partial charge is 0.331 e. The summed E-state index contributed by atoms with van der Waals surface area (Å²) in [6.45, 7) is 7.22. The van der Waals surface area contributed by atoms with Crippen molar-refractivity contribution in [1.82, 2.24) is 0 Å². The van der Waals surface area contributed by atoms with Crippen molar-refractivity contribution < 1.29 is 14.6 Å². The molecule has 0 aliphatic rings. The van der Waals surface area contributed by atoms with Gasteiger partial charge in [0.2, 0.25) is 0 Å². The van der Waals surface area contributed by atoms with Crippen LogP contribution in [-0.2, 0) is 9.53 Å². The highest BCUT2D eigenvalue weighted by atomic mass is 16.5. The topological polar surface area (TPSA) is 46.5 Å². The second-order valence-electron chi connectivity index (χ2n) is 2.11. The van der Waals surface area contributed by atoms with Gasteiger partial charge in [-0.05, 0) is 6.08 Å². The molecule has 0 aliphatic heterocycles. The lowest BCUT2D eigenvalue weighted by Gasteiger charge is -1.94. The summed E-state index contributed by atoms with van der Waals surface area (Å²) >= 11 is 0. The van der Waals surface area contributed by atoms with Gasteiger partial charge in [-0.15, -0.1) is 0 Å². The van der Waals surface area contributed by atoms with Crippen LogP contribution in [0, 0.1) is 0 Å². The van der Waals surface area contributed by atoms with Crippen molar-refractivity contribution in [3.63, 3.8) is 0 Å². The monoisotopic (exact) mass is 168 g/mol. The van der Waals surface area contributed by atoms with E-state index in [9.17, 15) is 4.79 Å². The first-order valence-electron chi connectivity index (χ1n) is 3.47. The van der Waals surface area contributed by atoms with Gasteiger partial charge in [-0.1, -0.05) is 19.2 Å². The summed E-state index contributed by atoms with van der Waals surface area (Å²) in [6.07, 6.45) is 4.94. The Morgan fingerprint density at radius 3 is 2.75 bits per heavy atom. The summed E-state index contributed by atoms with van der Waals surface area (Å²) in [5.41, 5.74) is 0.147. The Morgan fingerprint density at radius 2 is 2.25 bits per heavy atom. The van der Waals surface area contributed by atoms with Gasteiger partial charge in [0, 0.05) is 12.0 Å². The highest BCUT2D eigenvalue weighted by Crippen LogP contribution is 1.98. The molecule has 1 N–H and O–H groups in total. The minimum atomic E-state index is -0.983. The third kappa shape index (κ3) is 5.29. The number of ether oxygens (including phenoxy) is 1. The number of hydrogen-bond acceptors (Lipinski definition) is 2. The fraction of sp³-hybridized carbons (Fsp3) is 0.222. The van der Waals surface area contributed by atoms with Gasteiger partial charge in [-0.25, -0.2) is 4.79 Å². The molecule has 0 fully saturated rings. The molecule has 0 aromatic heterocycles. The van der Waals surface area contributed by atoms with Crippen LogP contribution in [0.1, 0.15) is 6.42 Å². The summed E-state index contributed by atoms with van der Waals surface area (Å²) in [6, 6.07) is 0. The molecule has 3 heteroatoms. The molecule has 0 aliphatic carbocycles. The van der Waals surface area contributed by atoms with E-state index in [1.165, 1.54) is 6.26 Å². The number of carbonyl (C=O) groups is 1. The lowest BCUT2D eigenvalue weighted by Crippen LogP contribution is -1.96. The molecule has 0 radical (unpaired) electrons. The molecule has 0 aromatic rings. The summed E-state index contributed by atoms with van der Waals surface area (Å²) in [7, 11) is 0. The third-order valence-corrected chi connectivity index (χ3v) is 1.07. The average molecular weight is 168 g/mol. The molecular weight excluding hydrogens is 156 g/mol. The molecule has 12 heavy (non-hydrogen) atoms. The van der Waals surface area contributed by atoms with E-state index in [1.807, 2.05) is 0 Å². The molecular formula is C9H12O3. The second kappa shape index (κ2) is 6.22. The molecule has 3 nitrogen and oxygen atoms in total. The fourth-order valence-corrected chi connectivity index (χ4v) is 0.469. The molecule has 0 unspecified atom stereocenters. The summed E-state index contributed by atoms with van der Waals surface area (Å²) < 4.78 is 4.88. The highest BCUT2D eigenvalue weighted by molar-refractivity contribution is 5.85. The van der Waals surface area contributed by atoms with Gasteiger partial charge >= 0.3 is 5.97 Å². The van der Waals surface area contributed by atoms with E-state index in [0.717, 1.165) is 0 Å². The van der Waals surface area contributed by atoms with Crippen LogP contribution in [0.4, 0.5) is 0 Å². The van der Waals surface area contributed by atoms with Crippen LogP contribution in [-0.4, -0.2) is 17.7 Å². The van der Waals surface area contributed by atoms with Crippen molar-refractivity contribution >= 4 is 5.97 Å². The van der Waals surface area contributed by atoms with Gasteiger partial charge in [0.15, 0.2) is 0 Å². The van der Waals surface area contributed by atoms with Crippen molar-refractivity contribution in [2.24, 2.45) is 0 Å². The zero-order chi connectivity index (χ0) is 9.40. The largest absolute Gasteiger partial charge is 0.497 e. The van der Waals surface area contributed by atoms with Gasteiger partial charge in [0.25, 0.3) is 0 Å². The Balaban J connectivity index is 3.53. The molecule has 0 saturated heterocycles. The zero-order valence-electron chi connectivity index (χ0n) is 6.82. The standard InChI is InChI=1S/C9H12O3/c1-3-6-12-7-4-5-8(2)9(10)11/h3-4,7H,1-2,5-6H2,(H,10,11). The van der Waals surface area contributed by atoms with Crippen LogP contribution >= 0.6 is 0 Å². The van der Waals surface area contributed by atoms with E-state index in [4.69, 9.17) is 9.84 Å². The van der Waals surface area contributed by atoms with Crippen LogP contribution < -0.4 is 0 Å². The van der Waals surface area contributed by atoms with E-state index in [1.54, 1.807) is 12.2 Å². The molecule has 0 bridgehead atoms. The number of carboxylic acids is 1. The van der Waals surface area contributed by atoms with Gasteiger partial charge in [0.05, 0.1) is 6.26 Å². The summed E-state index contributed by atoms with van der Waals surface area (Å²) in [5, 5.41) is 8.39. The molecule has 0 saturated carbocycles. The van der Waals surface area contributed by atoms with Crippen LogP contribution in [0.15, 0.2) is 37.1 Å². The van der Waals surface area contributed by atoms with E-state index in [-0.39, 0.29) is 5.57 Å². The fourth-order valence-electron chi connectivity index (χ4n) is 0.469. The maximum Gasteiger partial charge on any atom is 0.331 e. The van der Waals surface area contributed by atoms with Crippen molar-refractivity contribution in [3.8, 4) is 0 Å². The number of allylic oxidation sites excluding steroid dienone is 1. The molecule has 0 heterocycles. The third-order valence-electron chi connectivity index (χ3n) is 1.07. The van der Waals surface area contributed by atoms with Gasteiger partial charge < -0.3 is 9.84 Å². The first-order valence-corrected chi connectivity index (χ1v) is 3.47. The number of aliphatic carboxylic acids is 1. The van der Waals surface area contributed by atoms with Crippen LogP contribution in [0.2, 0.25) is 0 Å². The van der Waals surface area contributed by atoms with E-state index < -0.39 is 5.97 Å². The Morgan fingerprint density at radius 1 is 1.58 bits per heavy atom. The van der Waals surface area contributed by atoms with Crippen molar-refractivity contribution in [3.05, 3.63) is 37.1 Å². The minimum Gasteiger partial charge on any atom is -0.497 e. The summed E-state index contributed by atoms with van der Waals surface area (Å²) in [4.78, 5) is 10.2. The van der Waals surface area contributed by atoms with Crippen LogP contribution in [0.25, 0.3) is 0 Å². The predicted molar refractivity (Wildman–Crippen MR) is 46.7 cm³/mol. The number of rotatable bonds is 6. The van der Waals surface area contributed by atoms with Crippen molar-refractivity contribution in [1.29, 1.82) is 0 Å². The summed E-state index contributed by atoms with van der Waals surface area (Å²) in [5.74, 6) is -0.983. The Labute approximate surface area is 71.7 Å². The zero-order valence-corrected chi connectivity index (χ0v) is 6.82. The predicted octanol–water partition coefficient (Wildman–Crippen LogP) is 1.73. The van der Waals surface area contributed by atoms with Crippen LogP contribution in [0.5, 0.6) is 0 Å². The molecule has 0 atom stereocenters.